The minimum absolute atomic E-state index is 0.194. The van der Waals surface area contributed by atoms with Gasteiger partial charge >= 0.3 is 33.3 Å². The molecule has 58 valence electrons. The van der Waals surface area contributed by atoms with Gasteiger partial charge in [-0.25, -0.2) is 0 Å². The molecule has 0 spiro atoms. The van der Waals surface area contributed by atoms with Gasteiger partial charge in [-0.15, -0.1) is 0 Å². The maximum absolute atomic E-state index is 4.94. The maximum atomic E-state index is 4.94. The Labute approximate surface area is 69.4 Å². The third-order valence-electron chi connectivity index (χ3n) is 0.744. The van der Waals surface area contributed by atoms with E-state index in [-0.39, 0.29) is 13.1 Å². The zero-order valence-corrected chi connectivity index (χ0v) is 7.37. The molecule has 0 aromatic carbocycles. The summed E-state index contributed by atoms with van der Waals surface area (Å²) in [6.45, 7) is 3.11. The molecule has 1 aliphatic heterocycles. The van der Waals surface area contributed by atoms with Crippen LogP contribution in [0.1, 0.15) is 0 Å². The molecule has 0 bridgehead atoms. The van der Waals surface area contributed by atoms with Crippen molar-refractivity contribution in [2.75, 3.05) is 26.4 Å². The van der Waals surface area contributed by atoms with Crippen LogP contribution in [0, 0.1) is 0 Å². The Balaban J connectivity index is 0.000000187. The third-order valence-corrected chi connectivity index (χ3v) is 0.744. The summed E-state index contributed by atoms with van der Waals surface area (Å²) in [5.74, 6) is 0. The van der Waals surface area contributed by atoms with Crippen molar-refractivity contribution in [3.8, 4) is 0 Å². The predicted molar refractivity (Wildman–Crippen MR) is 33.3 cm³/mol. The van der Waals surface area contributed by atoms with Crippen molar-refractivity contribution in [2.24, 2.45) is 0 Å². The van der Waals surface area contributed by atoms with Crippen LogP contribution >= 0.6 is 20.2 Å². The molecule has 0 radical (unpaired) electrons. The molecule has 0 atom stereocenters. The summed E-state index contributed by atoms with van der Waals surface area (Å²) < 4.78 is 9.89. The van der Waals surface area contributed by atoms with E-state index in [1.54, 1.807) is 0 Å². The molecular weight excluding hydrogens is 207 g/mol. The third kappa shape index (κ3) is 9.02. The molecule has 0 aromatic heterocycles. The van der Waals surface area contributed by atoms with Crippen LogP contribution in [0.3, 0.4) is 0 Å². The fourth-order valence-corrected chi connectivity index (χ4v) is 0.440. The summed E-state index contributed by atoms with van der Waals surface area (Å²) in [6.07, 6.45) is 0. The molecule has 0 amide bonds. The zero-order chi connectivity index (χ0) is 6.95. The monoisotopic (exact) mass is 214 g/mol. The summed E-state index contributed by atoms with van der Waals surface area (Å²) in [5, 5.41) is 0. The predicted octanol–water partition coefficient (Wildman–Crippen LogP) is 1.41. The Hall–Kier alpha value is 1.02. The van der Waals surface area contributed by atoms with Crippen molar-refractivity contribution in [1.29, 1.82) is 0 Å². The van der Waals surface area contributed by atoms with Crippen molar-refractivity contribution >= 4 is 20.2 Å². The Kier molecular flexibility index (Phi) is 10.0. The number of hydrogen-bond acceptors (Lipinski definition) is 2. The summed E-state index contributed by atoms with van der Waals surface area (Å²) in [6, 6.07) is 0. The first kappa shape index (κ1) is 10.0. The number of halogens is 2. The van der Waals surface area contributed by atoms with Gasteiger partial charge in [0.2, 0.25) is 0 Å². The van der Waals surface area contributed by atoms with Gasteiger partial charge in [-0.05, 0) is 0 Å². The Morgan fingerprint density at radius 1 is 0.889 bits per heavy atom. The second-order valence-electron chi connectivity index (χ2n) is 1.28. The number of rotatable bonds is 0. The van der Waals surface area contributed by atoms with E-state index in [1.165, 1.54) is 0 Å². The van der Waals surface area contributed by atoms with Gasteiger partial charge in [0, 0.05) is 0 Å². The second kappa shape index (κ2) is 9.02. The molecule has 0 aliphatic carbocycles. The molecule has 1 heterocycles. The summed E-state index contributed by atoms with van der Waals surface area (Å²) in [4.78, 5) is 0. The summed E-state index contributed by atoms with van der Waals surface area (Å²) in [5.41, 5.74) is 0. The molecule has 1 rings (SSSR count). The van der Waals surface area contributed by atoms with Crippen molar-refractivity contribution in [2.45, 2.75) is 0 Å². The van der Waals surface area contributed by atoms with Gasteiger partial charge in [-0.1, -0.05) is 0 Å². The van der Waals surface area contributed by atoms with Crippen LogP contribution in [-0.2, 0) is 22.6 Å². The molecule has 9 heavy (non-hydrogen) atoms. The molecule has 1 fully saturated rings. The van der Waals surface area contributed by atoms with E-state index in [0.717, 1.165) is 26.4 Å². The molecular formula is C4H8Cl2FeO2. The van der Waals surface area contributed by atoms with Crippen LogP contribution in [0.15, 0.2) is 0 Å². The number of ether oxygens (including phenoxy) is 2. The minimum atomic E-state index is 0.194. The van der Waals surface area contributed by atoms with Gasteiger partial charge in [-0.2, -0.15) is 0 Å². The molecule has 2 nitrogen and oxygen atoms in total. The average Bonchev–Trinajstić information content (AvgIpc) is 1.93. The quantitative estimate of drug-likeness (QED) is 0.568. The standard InChI is InChI=1S/C4H8O2.2ClH.Fe/c1-2-6-4-3-5-1;;;/h1-4H2;2*1H;/q;;;+2/p-2. The average molecular weight is 215 g/mol. The van der Waals surface area contributed by atoms with Gasteiger partial charge in [0.15, 0.2) is 0 Å². The van der Waals surface area contributed by atoms with Crippen molar-refractivity contribution in [3.05, 3.63) is 0 Å². The number of hydrogen-bond donors (Lipinski definition) is 0. The Bertz CT molecular complexity index is 40.3. The fraction of sp³-hybridized carbons (Fsp3) is 1.00. The molecule has 0 saturated carbocycles. The van der Waals surface area contributed by atoms with Crippen LogP contribution in [0.5, 0.6) is 0 Å². The topological polar surface area (TPSA) is 18.5 Å². The van der Waals surface area contributed by atoms with Gasteiger partial charge < -0.3 is 9.47 Å². The summed E-state index contributed by atoms with van der Waals surface area (Å²) in [7, 11) is 9.53. The first-order valence-corrected chi connectivity index (χ1v) is 5.46. The van der Waals surface area contributed by atoms with Gasteiger partial charge in [0.25, 0.3) is 0 Å². The van der Waals surface area contributed by atoms with E-state index in [2.05, 4.69) is 0 Å². The van der Waals surface area contributed by atoms with E-state index < -0.39 is 0 Å². The molecule has 1 aliphatic rings. The molecule has 5 heteroatoms. The Morgan fingerprint density at radius 3 is 1.22 bits per heavy atom. The van der Waals surface area contributed by atoms with E-state index in [9.17, 15) is 0 Å². The van der Waals surface area contributed by atoms with Crippen molar-refractivity contribution in [3.63, 3.8) is 0 Å². The first-order valence-electron chi connectivity index (χ1n) is 2.42. The SMILES string of the molecule is C1COCCO1.[Cl][Fe][Cl]. The second-order valence-corrected chi connectivity index (χ2v) is 3.10. The zero-order valence-electron chi connectivity index (χ0n) is 4.75. The molecule has 1 saturated heterocycles. The molecule has 0 aromatic rings. The van der Waals surface area contributed by atoms with E-state index >= 15 is 0 Å². The van der Waals surface area contributed by atoms with Crippen LogP contribution in [-0.4, -0.2) is 26.4 Å². The Morgan fingerprint density at radius 2 is 1.11 bits per heavy atom. The van der Waals surface area contributed by atoms with E-state index in [4.69, 9.17) is 29.7 Å². The van der Waals surface area contributed by atoms with Gasteiger partial charge in [0.1, 0.15) is 0 Å². The van der Waals surface area contributed by atoms with Crippen LogP contribution in [0.2, 0.25) is 0 Å². The molecule has 0 N–H and O–H groups in total. The molecule has 0 unspecified atom stereocenters. The van der Waals surface area contributed by atoms with Crippen LogP contribution in [0.4, 0.5) is 0 Å². The first-order chi connectivity index (χ1) is 4.41. The summed E-state index contributed by atoms with van der Waals surface area (Å²) >= 11 is 0.194. The van der Waals surface area contributed by atoms with Gasteiger partial charge in [-0.3, -0.25) is 0 Å². The van der Waals surface area contributed by atoms with E-state index in [0.29, 0.717) is 0 Å². The van der Waals surface area contributed by atoms with Crippen LogP contribution < -0.4 is 0 Å². The van der Waals surface area contributed by atoms with Crippen LogP contribution in [0.25, 0.3) is 0 Å². The normalized spacial score (nSPS) is 18.4. The van der Waals surface area contributed by atoms with Crippen molar-refractivity contribution < 1.29 is 22.6 Å². The fourth-order valence-electron chi connectivity index (χ4n) is 0.440. The van der Waals surface area contributed by atoms with Crippen molar-refractivity contribution in [1.82, 2.24) is 0 Å². The van der Waals surface area contributed by atoms with Gasteiger partial charge in [0.05, 0.1) is 26.4 Å². The van der Waals surface area contributed by atoms with E-state index in [1.807, 2.05) is 0 Å².